The molecule has 0 bridgehead atoms. The van der Waals surface area contributed by atoms with E-state index in [0.29, 0.717) is 6.42 Å². The number of rotatable bonds is 8. The molecule has 0 saturated carbocycles. The molecule has 1 fully saturated rings. The molecule has 0 aromatic rings. The van der Waals surface area contributed by atoms with Crippen molar-refractivity contribution in [3.05, 3.63) is 0 Å². The standard InChI is InChI=1S/C15H28F3NO4/c1-8-11(2,3)21-15(17,18)10-9-12(4,5)20-14(7)13(6,16)22-19-23-14/h19H,8-10H2,1-7H3. The molecule has 0 aromatic carbocycles. The van der Waals surface area contributed by atoms with Crippen LogP contribution in [0.15, 0.2) is 0 Å². The largest absolute Gasteiger partial charge is 0.356 e. The van der Waals surface area contributed by atoms with E-state index in [2.05, 4.69) is 4.84 Å². The highest BCUT2D eigenvalue weighted by molar-refractivity contribution is 4.86. The van der Waals surface area contributed by atoms with Crippen LogP contribution in [0, 0.1) is 0 Å². The van der Waals surface area contributed by atoms with Crippen LogP contribution >= 0.6 is 0 Å². The maximum Gasteiger partial charge on any atom is 0.356 e. The highest BCUT2D eigenvalue weighted by atomic mass is 19.3. The van der Waals surface area contributed by atoms with Gasteiger partial charge in [0.15, 0.2) is 0 Å². The second-order valence-electron chi connectivity index (χ2n) is 7.36. The average Bonchev–Trinajstić information content (AvgIpc) is 2.59. The number of nitrogens with one attached hydrogen (secondary N) is 1. The first-order valence-corrected chi connectivity index (χ1v) is 7.72. The number of halogens is 3. The second-order valence-corrected chi connectivity index (χ2v) is 7.36. The zero-order valence-corrected chi connectivity index (χ0v) is 14.9. The SMILES string of the molecule is CCC(C)(C)OC(F)(F)CCC(C)(C)OC1(C)ONOC1(C)F. The summed E-state index contributed by atoms with van der Waals surface area (Å²) in [7, 11) is 0. The summed E-state index contributed by atoms with van der Waals surface area (Å²) >= 11 is 0. The van der Waals surface area contributed by atoms with Gasteiger partial charge in [0.2, 0.25) is 5.79 Å². The van der Waals surface area contributed by atoms with Crippen molar-refractivity contribution in [2.75, 3.05) is 0 Å². The summed E-state index contributed by atoms with van der Waals surface area (Å²) in [5.74, 6) is -4.01. The van der Waals surface area contributed by atoms with Gasteiger partial charge in [0.25, 0.3) is 5.85 Å². The molecule has 1 aliphatic rings. The van der Waals surface area contributed by atoms with Crippen molar-refractivity contribution < 1.29 is 32.3 Å². The predicted molar refractivity (Wildman–Crippen MR) is 78.0 cm³/mol. The van der Waals surface area contributed by atoms with E-state index in [1.807, 2.05) is 5.64 Å². The third kappa shape index (κ3) is 5.56. The van der Waals surface area contributed by atoms with Gasteiger partial charge in [-0.25, -0.2) is 14.1 Å². The Labute approximate surface area is 135 Å². The van der Waals surface area contributed by atoms with E-state index >= 15 is 0 Å². The third-order valence-electron chi connectivity index (χ3n) is 4.05. The summed E-state index contributed by atoms with van der Waals surface area (Å²) in [6.45, 7) is 10.6. The number of hydrogen-bond acceptors (Lipinski definition) is 5. The first kappa shape index (κ1) is 20.6. The summed E-state index contributed by atoms with van der Waals surface area (Å²) in [5.41, 5.74) is -0.0451. The van der Waals surface area contributed by atoms with Gasteiger partial charge in [-0.05, 0) is 47.5 Å². The molecular weight excluding hydrogens is 315 g/mol. The van der Waals surface area contributed by atoms with E-state index in [4.69, 9.17) is 14.3 Å². The molecule has 1 rings (SSSR count). The van der Waals surface area contributed by atoms with Crippen LogP contribution in [0.1, 0.15) is 67.7 Å². The van der Waals surface area contributed by atoms with Crippen molar-refractivity contribution in [3.8, 4) is 0 Å². The Hall–Kier alpha value is -0.410. The molecule has 0 aromatic heterocycles. The summed E-state index contributed by atoms with van der Waals surface area (Å²) in [6, 6.07) is 0. The zero-order chi connectivity index (χ0) is 18.2. The molecular formula is C15H28F3NO4. The van der Waals surface area contributed by atoms with Crippen LogP contribution in [0.3, 0.4) is 0 Å². The summed E-state index contributed by atoms with van der Waals surface area (Å²) in [6.07, 6.45) is -3.46. The molecule has 23 heavy (non-hydrogen) atoms. The molecule has 0 aliphatic carbocycles. The van der Waals surface area contributed by atoms with Gasteiger partial charge in [-0.3, -0.25) is 0 Å². The fraction of sp³-hybridized carbons (Fsp3) is 1.00. The topological polar surface area (TPSA) is 49.0 Å². The quantitative estimate of drug-likeness (QED) is 0.715. The van der Waals surface area contributed by atoms with E-state index in [0.717, 1.165) is 6.92 Å². The van der Waals surface area contributed by atoms with Crippen LogP contribution in [-0.2, 0) is 19.1 Å². The van der Waals surface area contributed by atoms with Crippen molar-refractivity contribution in [1.82, 2.24) is 5.64 Å². The molecule has 138 valence electrons. The predicted octanol–water partition coefficient (Wildman–Crippen LogP) is 4.23. The summed E-state index contributed by atoms with van der Waals surface area (Å²) in [4.78, 5) is 9.52. The van der Waals surface area contributed by atoms with Gasteiger partial charge in [-0.15, -0.1) is 0 Å². The Morgan fingerprint density at radius 1 is 1.00 bits per heavy atom. The minimum atomic E-state index is -3.30. The Balaban J connectivity index is 2.65. The molecule has 2 unspecified atom stereocenters. The Bertz CT molecular complexity index is 416. The molecule has 1 heterocycles. The van der Waals surface area contributed by atoms with Crippen LogP contribution in [0.5, 0.6) is 0 Å². The minimum absolute atomic E-state index is 0.0607. The van der Waals surface area contributed by atoms with Gasteiger partial charge in [-0.1, -0.05) is 12.6 Å². The van der Waals surface area contributed by atoms with Gasteiger partial charge in [0.05, 0.1) is 11.2 Å². The highest BCUT2D eigenvalue weighted by Gasteiger charge is 2.57. The summed E-state index contributed by atoms with van der Waals surface area (Å²) < 4.78 is 52.6. The third-order valence-corrected chi connectivity index (χ3v) is 4.05. The number of ether oxygens (including phenoxy) is 2. The normalized spacial score (nSPS) is 30.0. The van der Waals surface area contributed by atoms with Crippen molar-refractivity contribution in [2.24, 2.45) is 0 Å². The lowest BCUT2D eigenvalue weighted by atomic mass is 10.00. The molecule has 0 radical (unpaired) electrons. The number of hydrogen-bond donors (Lipinski definition) is 1. The molecule has 5 nitrogen and oxygen atoms in total. The Kier molecular flexibility index (Phi) is 5.81. The lowest BCUT2D eigenvalue weighted by Crippen LogP contribution is -2.51. The van der Waals surface area contributed by atoms with Crippen LogP contribution in [0.25, 0.3) is 0 Å². The smallest absolute Gasteiger partial charge is 0.338 e. The molecule has 0 amide bonds. The van der Waals surface area contributed by atoms with E-state index in [9.17, 15) is 13.2 Å². The monoisotopic (exact) mass is 343 g/mol. The van der Waals surface area contributed by atoms with Crippen molar-refractivity contribution in [3.63, 3.8) is 0 Å². The van der Waals surface area contributed by atoms with E-state index < -0.39 is 35.4 Å². The lowest BCUT2D eigenvalue weighted by molar-refractivity contribution is -0.322. The van der Waals surface area contributed by atoms with Crippen LogP contribution in [0.2, 0.25) is 0 Å². The van der Waals surface area contributed by atoms with Gasteiger partial charge < -0.3 is 9.47 Å². The Morgan fingerprint density at radius 2 is 1.57 bits per heavy atom. The maximum atomic E-state index is 14.2. The van der Waals surface area contributed by atoms with E-state index in [1.165, 1.54) is 6.92 Å². The van der Waals surface area contributed by atoms with Crippen LogP contribution in [-0.4, -0.2) is 29.0 Å². The van der Waals surface area contributed by atoms with Crippen LogP contribution < -0.4 is 5.64 Å². The minimum Gasteiger partial charge on any atom is -0.338 e. The fourth-order valence-electron chi connectivity index (χ4n) is 2.03. The van der Waals surface area contributed by atoms with E-state index in [-0.39, 0.29) is 6.42 Å². The lowest BCUT2D eigenvalue weighted by Gasteiger charge is -2.38. The van der Waals surface area contributed by atoms with Crippen LogP contribution in [0.4, 0.5) is 13.2 Å². The first-order chi connectivity index (χ1) is 10.1. The average molecular weight is 343 g/mol. The molecule has 1 saturated heterocycles. The van der Waals surface area contributed by atoms with Crippen molar-refractivity contribution in [1.29, 1.82) is 0 Å². The fourth-order valence-corrected chi connectivity index (χ4v) is 2.03. The molecule has 1 aliphatic heterocycles. The van der Waals surface area contributed by atoms with Crippen molar-refractivity contribution in [2.45, 2.75) is 96.7 Å². The summed E-state index contributed by atoms with van der Waals surface area (Å²) in [5, 5.41) is 0. The van der Waals surface area contributed by atoms with Gasteiger partial charge in [0, 0.05) is 13.3 Å². The number of alkyl halides is 3. The van der Waals surface area contributed by atoms with Gasteiger partial charge in [0.1, 0.15) is 0 Å². The molecule has 1 N–H and O–H groups in total. The van der Waals surface area contributed by atoms with Crippen molar-refractivity contribution >= 4 is 0 Å². The van der Waals surface area contributed by atoms with Gasteiger partial charge in [-0.2, -0.15) is 8.78 Å². The molecule has 2 atom stereocenters. The zero-order valence-electron chi connectivity index (χ0n) is 14.9. The van der Waals surface area contributed by atoms with E-state index in [1.54, 1.807) is 34.6 Å². The first-order valence-electron chi connectivity index (χ1n) is 7.72. The maximum absolute atomic E-state index is 14.2. The highest BCUT2D eigenvalue weighted by Crippen LogP contribution is 2.41. The second kappa shape index (κ2) is 6.48. The van der Waals surface area contributed by atoms with Gasteiger partial charge >= 0.3 is 6.11 Å². The molecule has 8 heteroatoms. The Morgan fingerprint density at radius 3 is 2.00 bits per heavy atom. The molecule has 0 spiro atoms.